The second kappa shape index (κ2) is 7.94. The van der Waals surface area contributed by atoms with E-state index in [1.807, 2.05) is 43.0 Å². The molecular formula is C26H21N7. The molecule has 0 bridgehead atoms. The smallest absolute Gasteiger partial charge is 0.157 e. The highest BCUT2D eigenvalue weighted by molar-refractivity contribution is 6.16. The van der Waals surface area contributed by atoms with Crippen molar-refractivity contribution in [2.24, 2.45) is 4.99 Å². The van der Waals surface area contributed by atoms with Gasteiger partial charge in [0.25, 0.3) is 0 Å². The molecule has 0 atom stereocenters. The van der Waals surface area contributed by atoms with Crippen molar-refractivity contribution in [1.82, 2.24) is 24.9 Å². The average molecular weight is 432 g/mol. The lowest BCUT2D eigenvalue weighted by atomic mass is 9.97. The molecule has 5 aromatic rings. The number of nitrogens with one attached hydrogen (secondary N) is 2. The van der Waals surface area contributed by atoms with Gasteiger partial charge in [-0.05, 0) is 53.9 Å². The van der Waals surface area contributed by atoms with E-state index in [9.17, 15) is 0 Å². The molecule has 0 aliphatic carbocycles. The van der Waals surface area contributed by atoms with Crippen LogP contribution in [0, 0.1) is 6.92 Å². The Morgan fingerprint density at radius 2 is 1.64 bits per heavy atom. The van der Waals surface area contributed by atoms with E-state index in [0.29, 0.717) is 6.54 Å². The predicted octanol–water partition coefficient (Wildman–Crippen LogP) is 4.65. The fourth-order valence-electron chi connectivity index (χ4n) is 4.26. The number of benzodiazepines with no additional fused rings is 1. The molecule has 0 amide bonds. The van der Waals surface area contributed by atoms with Gasteiger partial charge in [-0.1, -0.05) is 6.07 Å². The van der Waals surface area contributed by atoms with Crippen molar-refractivity contribution in [2.75, 3.05) is 18.4 Å². The van der Waals surface area contributed by atoms with Crippen LogP contribution in [0.1, 0.15) is 17.0 Å². The summed E-state index contributed by atoms with van der Waals surface area (Å²) in [6, 6.07) is 12.4. The van der Waals surface area contributed by atoms with Crippen LogP contribution < -0.4 is 5.32 Å². The second-order valence-electron chi connectivity index (χ2n) is 8.01. The highest BCUT2D eigenvalue weighted by atomic mass is 15.0. The third kappa shape index (κ3) is 3.43. The van der Waals surface area contributed by atoms with Crippen molar-refractivity contribution >= 4 is 22.4 Å². The van der Waals surface area contributed by atoms with E-state index in [-0.39, 0.29) is 0 Å². The molecule has 7 nitrogen and oxygen atoms in total. The van der Waals surface area contributed by atoms with E-state index >= 15 is 0 Å². The summed E-state index contributed by atoms with van der Waals surface area (Å²) in [4.78, 5) is 26.2. The number of hydrogen-bond donors (Lipinski definition) is 2. The highest BCUT2D eigenvalue weighted by Crippen LogP contribution is 2.31. The lowest BCUT2D eigenvalue weighted by Crippen LogP contribution is -2.07. The molecule has 6 rings (SSSR count). The van der Waals surface area contributed by atoms with Gasteiger partial charge in [-0.2, -0.15) is 0 Å². The zero-order valence-electron chi connectivity index (χ0n) is 18.1. The Hall–Kier alpha value is -4.39. The van der Waals surface area contributed by atoms with Gasteiger partial charge < -0.3 is 10.3 Å². The van der Waals surface area contributed by atoms with Gasteiger partial charge in [-0.3, -0.25) is 19.9 Å². The van der Waals surface area contributed by atoms with E-state index in [4.69, 9.17) is 9.98 Å². The molecule has 0 radical (unpaired) electrons. The van der Waals surface area contributed by atoms with E-state index in [1.165, 1.54) is 5.56 Å². The SMILES string of the molecule is Cc1ccncc1-c1ccc2c(c1)C(c1nc3c(-c4ccncc4)cncc3[nH]1)=NCCN2. The van der Waals surface area contributed by atoms with Gasteiger partial charge in [0.1, 0.15) is 5.71 Å². The van der Waals surface area contributed by atoms with Gasteiger partial charge >= 0.3 is 0 Å². The molecule has 0 fully saturated rings. The van der Waals surface area contributed by atoms with Crippen LogP contribution in [0.15, 0.2) is 78.6 Å². The van der Waals surface area contributed by atoms with E-state index in [0.717, 1.165) is 62.6 Å². The molecule has 160 valence electrons. The van der Waals surface area contributed by atoms with Gasteiger partial charge in [-0.25, -0.2) is 4.98 Å². The minimum Gasteiger partial charge on any atom is -0.383 e. The number of imidazole rings is 1. The lowest BCUT2D eigenvalue weighted by molar-refractivity contribution is 1.03. The Bertz CT molecular complexity index is 1500. The van der Waals surface area contributed by atoms with Crippen molar-refractivity contribution in [3.05, 3.63) is 90.5 Å². The highest BCUT2D eigenvalue weighted by Gasteiger charge is 2.20. The number of pyridine rings is 3. The fraction of sp³-hybridized carbons (Fsp3) is 0.115. The van der Waals surface area contributed by atoms with Crippen molar-refractivity contribution in [2.45, 2.75) is 6.92 Å². The number of aliphatic imine (C=N–C) groups is 1. The summed E-state index contributed by atoms with van der Waals surface area (Å²) < 4.78 is 0. The number of rotatable bonds is 3. The van der Waals surface area contributed by atoms with Crippen LogP contribution in [0.25, 0.3) is 33.3 Å². The van der Waals surface area contributed by atoms with Crippen molar-refractivity contribution in [1.29, 1.82) is 0 Å². The molecule has 0 spiro atoms. The first-order valence-electron chi connectivity index (χ1n) is 10.9. The third-order valence-corrected chi connectivity index (χ3v) is 5.93. The molecule has 4 aromatic heterocycles. The number of aromatic nitrogens is 5. The molecule has 33 heavy (non-hydrogen) atoms. The van der Waals surface area contributed by atoms with Gasteiger partial charge in [0.2, 0.25) is 0 Å². The summed E-state index contributed by atoms with van der Waals surface area (Å²) >= 11 is 0. The Balaban J connectivity index is 1.51. The Morgan fingerprint density at radius 1 is 0.788 bits per heavy atom. The summed E-state index contributed by atoms with van der Waals surface area (Å²) in [6.07, 6.45) is 10.9. The van der Waals surface area contributed by atoms with Crippen LogP contribution in [0.5, 0.6) is 0 Å². The summed E-state index contributed by atoms with van der Waals surface area (Å²) in [6.45, 7) is 3.53. The normalized spacial score (nSPS) is 13.2. The van der Waals surface area contributed by atoms with Crippen LogP contribution in [0.2, 0.25) is 0 Å². The van der Waals surface area contributed by atoms with E-state index < -0.39 is 0 Å². The molecule has 5 heterocycles. The summed E-state index contributed by atoms with van der Waals surface area (Å²) in [7, 11) is 0. The zero-order chi connectivity index (χ0) is 22.2. The van der Waals surface area contributed by atoms with Gasteiger partial charge in [0, 0.05) is 59.9 Å². The molecule has 0 saturated heterocycles. The molecule has 1 aliphatic heterocycles. The molecule has 7 heteroatoms. The molecule has 1 aliphatic rings. The maximum atomic E-state index is 4.99. The second-order valence-corrected chi connectivity index (χ2v) is 8.01. The van der Waals surface area contributed by atoms with Crippen molar-refractivity contribution in [3.63, 3.8) is 0 Å². The number of nitrogens with zero attached hydrogens (tertiary/aromatic N) is 5. The van der Waals surface area contributed by atoms with Crippen LogP contribution in [-0.2, 0) is 0 Å². The minimum atomic E-state index is 0.664. The Kier molecular flexibility index (Phi) is 4.65. The Labute approximate surface area is 190 Å². The molecule has 0 saturated carbocycles. The zero-order valence-corrected chi connectivity index (χ0v) is 18.1. The topological polar surface area (TPSA) is 91.7 Å². The first-order valence-corrected chi connectivity index (χ1v) is 10.9. The number of H-pyrrole nitrogens is 1. The maximum Gasteiger partial charge on any atom is 0.157 e. The molecule has 2 N–H and O–H groups in total. The molecule has 1 aromatic carbocycles. The van der Waals surface area contributed by atoms with Crippen molar-refractivity contribution in [3.8, 4) is 22.3 Å². The number of aryl methyl sites for hydroxylation is 1. The number of benzene rings is 1. The standard InChI is InChI=1S/C26H21N7/c1-16-4-7-28-13-20(16)18-2-3-22-19(12-18)25(31-11-10-30-22)26-32-23-15-29-14-21(24(23)33-26)17-5-8-27-9-6-17/h2-9,12-15,30H,10-11H2,1H3,(H,32,33). The van der Waals surface area contributed by atoms with Crippen LogP contribution in [0.3, 0.4) is 0 Å². The number of anilines is 1. The van der Waals surface area contributed by atoms with Gasteiger partial charge in [0.05, 0.1) is 23.8 Å². The van der Waals surface area contributed by atoms with E-state index in [2.05, 4.69) is 50.4 Å². The fourth-order valence-corrected chi connectivity index (χ4v) is 4.26. The molecule has 0 unspecified atom stereocenters. The van der Waals surface area contributed by atoms with Crippen molar-refractivity contribution < 1.29 is 0 Å². The summed E-state index contributed by atoms with van der Waals surface area (Å²) in [5.74, 6) is 0.735. The van der Waals surface area contributed by atoms with Crippen LogP contribution in [0.4, 0.5) is 5.69 Å². The summed E-state index contributed by atoms with van der Waals surface area (Å²) in [5, 5.41) is 3.50. The Morgan fingerprint density at radius 3 is 2.52 bits per heavy atom. The maximum absolute atomic E-state index is 4.99. The monoisotopic (exact) mass is 431 g/mol. The first-order chi connectivity index (χ1) is 16.3. The predicted molar refractivity (Wildman–Crippen MR) is 131 cm³/mol. The number of hydrogen-bond acceptors (Lipinski definition) is 6. The van der Waals surface area contributed by atoms with Gasteiger partial charge in [-0.15, -0.1) is 0 Å². The van der Waals surface area contributed by atoms with E-state index in [1.54, 1.807) is 12.4 Å². The molecular weight excluding hydrogens is 410 g/mol. The van der Waals surface area contributed by atoms with Gasteiger partial charge in [0.15, 0.2) is 5.82 Å². The van der Waals surface area contributed by atoms with Crippen LogP contribution >= 0.6 is 0 Å². The quantitative estimate of drug-likeness (QED) is 0.434. The minimum absolute atomic E-state index is 0.664. The average Bonchev–Trinajstić information content (AvgIpc) is 3.18. The largest absolute Gasteiger partial charge is 0.383 e. The third-order valence-electron chi connectivity index (χ3n) is 5.93. The number of aromatic amines is 1. The summed E-state index contributed by atoms with van der Waals surface area (Å²) in [5.41, 5.74) is 10.0. The lowest BCUT2D eigenvalue weighted by Gasteiger charge is -2.12. The first kappa shape index (κ1) is 19.3. The number of fused-ring (bicyclic) bond motifs is 2. The van der Waals surface area contributed by atoms with Crippen LogP contribution in [-0.4, -0.2) is 43.7 Å².